The van der Waals surface area contributed by atoms with E-state index in [9.17, 15) is 19.2 Å². The molecule has 1 aromatic heterocycles. The molecule has 0 aliphatic carbocycles. The number of carbonyl (C=O) groups excluding carboxylic acids is 4. The molecule has 12 nitrogen and oxygen atoms in total. The molecule has 4 amide bonds. The van der Waals surface area contributed by atoms with Gasteiger partial charge in [0.15, 0.2) is 0 Å². The molecule has 3 aromatic carbocycles. The fourth-order valence-corrected chi connectivity index (χ4v) is 7.00. The highest BCUT2D eigenvalue weighted by atomic mass is 35.5. The van der Waals surface area contributed by atoms with Gasteiger partial charge in [-0.2, -0.15) is 0 Å². The van der Waals surface area contributed by atoms with Gasteiger partial charge in [0.05, 0.1) is 30.3 Å². The number of nitrogens with two attached hydrogens (primary N) is 2. The minimum absolute atomic E-state index is 0.114. The molecule has 0 radical (unpaired) electrons. The number of nitrogens with zero attached hydrogens (tertiary/aromatic N) is 2. The number of likely N-dealkylation sites (N-methyl/N-ethyl adjacent to an activating group) is 1. The molecule has 0 spiro atoms. The molecule has 2 aliphatic rings. The second-order valence-electron chi connectivity index (χ2n) is 12.8. The summed E-state index contributed by atoms with van der Waals surface area (Å²) in [6, 6.07) is 20.9. The smallest absolute Gasteiger partial charge is 0.253 e. The number of benzene rings is 3. The van der Waals surface area contributed by atoms with Crippen LogP contribution < -0.4 is 27.6 Å². The third-order valence-corrected chi connectivity index (χ3v) is 9.70. The molecule has 0 saturated carbocycles. The minimum Gasteiger partial charge on any atom is -0.397 e. The van der Waals surface area contributed by atoms with Crippen LogP contribution in [-0.2, 0) is 27.2 Å². The maximum atomic E-state index is 13.6. The zero-order valence-electron chi connectivity index (χ0n) is 28.4. The second kappa shape index (κ2) is 16.6. The number of halogens is 1. The van der Waals surface area contributed by atoms with Crippen LogP contribution in [0.1, 0.15) is 34.8 Å². The van der Waals surface area contributed by atoms with Crippen molar-refractivity contribution in [3.05, 3.63) is 94.6 Å². The number of nitrogen functional groups attached to an aromatic ring is 2. The Labute approximate surface area is 296 Å². The summed E-state index contributed by atoms with van der Waals surface area (Å²) in [6.07, 6.45) is 4.40. The molecule has 6 rings (SSSR count). The lowest BCUT2D eigenvalue weighted by Gasteiger charge is -2.39. The minimum atomic E-state index is -0.587. The van der Waals surface area contributed by atoms with Crippen molar-refractivity contribution in [2.75, 3.05) is 50.9 Å². The van der Waals surface area contributed by atoms with Gasteiger partial charge in [0.25, 0.3) is 5.91 Å². The van der Waals surface area contributed by atoms with Crippen LogP contribution in [0.2, 0.25) is 5.02 Å². The molecule has 3 unspecified atom stereocenters. The zero-order chi connectivity index (χ0) is 35.8. The van der Waals surface area contributed by atoms with Crippen molar-refractivity contribution in [1.82, 2.24) is 25.4 Å². The zero-order valence-corrected chi connectivity index (χ0v) is 29.1. The van der Waals surface area contributed by atoms with E-state index in [1.807, 2.05) is 6.07 Å². The number of likely N-dealkylation sites (tertiary alicyclic amines) is 2. The summed E-state index contributed by atoms with van der Waals surface area (Å²) in [6.45, 7) is 3.38. The molecule has 4 aromatic rings. The van der Waals surface area contributed by atoms with E-state index in [4.69, 9.17) is 23.2 Å². The summed E-state index contributed by atoms with van der Waals surface area (Å²) in [5.74, 6) is 3.61. The summed E-state index contributed by atoms with van der Waals surface area (Å²) >= 11 is 6.10. The Morgan fingerprint density at radius 2 is 1.72 bits per heavy atom. The maximum Gasteiger partial charge on any atom is 0.253 e. The number of aryl methyl sites for hydroxylation is 1. The van der Waals surface area contributed by atoms with Gasteiger partial charge in [-0.3, -0.25) is 25.0 Å². The topological polar surface area (TPSA) is 179 Å². The lowest BCUT2D eigenvalue weighted by atomic mass is 9.79. The van der Waals surface area contributed by atoms with Crippen LogP contribution in [0.3, 0.4) is 0 Å². The molecular weight excluding hydrogens is 656 g/mol. The van der Waals surface area contributed by atoms with E-state index in [2.05, 4.69) is 58.3 Å². The number of anilines is 2. The van der Waals surface area contributed by atoms with Crippen molar-refractivity contribution in [3.63, 3.8) is 0 Å². The molecule has 3 atom stereocenters. The maximum absolute atomic E-state index is 13.6. The number of nitrogens with one attached hydrogen (secondary N) is 4. The van der Waals surface area contributed by atoms with E-state index < -0.39 is 5.92 Å². The van der Waals surface area contributed by atoms with Crippen LogP contribution in [0, 0.1) is 17.8 Å². The summed E-state index contributed by atoms with van der Waals surface area (Å²) in [5.41, 5.74) is 12.9. The predicted octanol–water partition coefficient (Wildman–Crippen LogP) is 3.58. The van der Waals surface area contributed by atoms with E-state index in [1.54, 1.807) is 46.3 Å². The van der Waals surface area contributed by atoms with Gasteiger partial charge in [0.2, 0.25) is 17.7 Å². The number of rotatable bonds is 9. The quantitative estimate of drug-likeness (QED) is 0.0878. The Kier molecular flexibility index (Phi) is 12.0. The standard InChI is InChI=1S/C28H33ClN8O4.C9H12/c1-32-25(38)10-34-27(40)21-14-36(26(39)7-16-9-33-24-8-18(29)3-4-19(16)24)11-17-12-37(13-20(17)21)28(41)15-2-5-23(35-31)22(30)6-15;1-2-6-9-7-4-3-5-8-9/h2-6,8-9,17,20-21,33,35H,7,10-14,30-31H2,1H3,(H,32,38)(H,34,40);3-5,7-8H,2,6H2,1H3. The highest BCUT2D eigenvalue weighted by Gasteiger charge is 2.47. The number of aromatic nitrogens is 1. The number of aromatic amines is 1. The number of hydrogen-bond acceptors (Lipinski definition) is 7. The van der Waals surface area contributed by atoms with E-state index in [0.29, 0.717) is 41.6 Å². The number of H-pyrrole nitrogens is 1. The Morgan fingerprint density at radius 3 is 2.42 bits per heavy atom. The van der Waals surface area contributed by atoms with Gasteiger partial charge in [-0.1, -0.05) is 61.3 Å². The van der Waals surface area contributed by atoms with Crippen LogP contribution in [0.25, 0.3) is 10.9 Å². The van der Waals surface area contributed by atoms with E-state index in [-0.39, 0.29) is 55.0 Å². The third-order valence-electron chi connectivity index (χ3n) is 9.47. The van der Waals surface area contributed by atoms with Crippen molar-refractivity contribution < 1.29 is 19.2 Å². The highest BCUT2D eigenvalue weighted by Crippen LogP contribution is 2.37. The Hall–Kier alpha value is -5.07. The monoisotopic (exact) mass is 700 g/mol. The van der Waals surface area contributed by atoms with E-state index in [0.717, 1.165) is 16.5 Å². The van der Waals surface area contributed by atoms with Gasteiger partial charge in [-0.25, -0.2) is 0 Å². The highest BCUT2D eigenvalue weighted by molar-refractivity contribution is 6.31. The Bertz CT molecular complexity index is 1830. The van der Waals surface area contributed by atoms with Crippen LogP contribution in [0.15, 0.2) is 72.9 Å². The van der Waals surface area contributed by atoms with Crippen LogP contribution in [0.5, 0.6) is 0 Å². The van der Waals surface area contributed by atoms with Crippen molar-refractivity contribution in [3.8, 4) is 0 Å². The van der Waals surface area contributed by atoms with Crippen molar-refractivity contribution in [2.45, 2.75) is 26.2 Å². The number of hydrazine groups is 1. The Balaban J connectivity index is 0.000000470. The fraction of sp³-hybridized carbons (Fsp3) is 0.351. The van der Waals surface area contributed by atoms with Gasteiger partial charge < -0.3 is 36.6 Å². The number of hydrogen-bond donors (Lipinski definition) is 6. The first-order valence-corrected chi connectivity index (χ1v) is 17.2. The average Bonchev–Trinajstić information content (AvgIpc) is 3.74. The predicted molar refractivity (Wildman–Crippen MR) is 196 cm³/mol. The summed E-state index contributed by atoms with van der Waals surface area (Å²) < 4.78 is 0. The Morgan fingerprint density at radius 1 is 0.960 bits per heavy atom. The van der Waals surface area contributed by atoms with Crippen molar-refractivity contribution in [2.24, 2.45) is 23.6 Å². The molecule has 13 heteroatoms. The van der Waals surface area contributed by atoms with Gasteiger partial charge >= 0.3 is 0 Å². The number of fused-ring (bicyclic) bond motifs is 2. The van der Waals surface area contributed by atoms with Crippen molar-refractivity contribution in [1.29, 1.82) is 0 Å². The number of carbonyl (C=O) groups is 4. The first-order valence-electron chi connectivity index (χ1n) is 16.8. The lowest BCUT2D eigenvalue weighted by molar-refractivity contribution is -0.139. The second-order valence-corrected chi connectivity index (χ2v) is 13.2. The first kappa shape index (κ1) is 36.2. The van der Waals surface area contributed by atoms with E-state index >= 15 is 0 Å². The molecular formula is C37H45ClN8O4. The SMILES string of the molecule is CCCc1ccccc1.CNC(=O)CNC(=O)C1CN(C(=O)Cc2c[nH]c3cc(Cl)ccc23)CC2CN(C(=O)c3ccc(NN)c(N)c3)CC21. The van der Waals surface area contributed by atoms with Crippen molar-refractivity contribution >= 4 is 57.5 Å². The summed E-state index contributed by atoms with van der Waals surface area (Å²) in [7, 11) is 1.49. The van der Waals surface area contributed by atoms with Crippen LogP contribution in [-0.4, -0.2) is 78.2 Å². The summed E-state index contributed by atoms with van der Waals surface area (Å²) in [4.78, 5) is 58.7. The van der Waals surface area contributed by atoms with E-state index in [1.165, 1.54) is 25.5 Å². The van der Waals surface area contributed by atoms with Gasteiger partial charge in [0.1, 0.15) is 0 Å². The molecule has 2 saturated heterocycles. The van der Waals surface area contributed by atoms with Crippen LogP contribution in [0.4, 0.5) is 11.4 Å². The number of amides is 4. The molecule has 50 heavy (non-hydrogen) atoms. The fourth-order valence-electron chi connectivity index (χ4n) is 6.83. The molecule has 0 bridgehead atoms. The molecule has 264 valence electrons. The number of piperidine rings is 1. The largest absolute Gasteiger partial charge is 0.397 e. The molecule has 2 aliphatic heterocycles. The average molecular weight is 701 g/mol. The molecule has 3 heterocycles. The normalized spacial score (nSPS) is 18.1. The van der Waals surface area contributed by atoms with Gasteiger partial charge in [-0.05, 0) is 59.7 Å². The third kappa shape index (κ3) is 8.55. The lowest BCUT2D eigenvalue weighted by Crippen LogP contribution is -2.54. The van der Waals surface area contributed by atoms with Crippen LogP contribution >= 0.6 is 11.6 Å². The molecule has 2 fully saturated rings. The van der Waals surface area contributed by atoms with Gasteiger partial charge in [0, 0.05) is 60.9 Å². The van der Waals surface area contributed by atoms with Gasteiger partial charge in [-0.15, -0.1) is 0 Å². The molecule has 8 N–H and O–H groups in total. The first-order chi connectivity index (χ1) is 24.1. The summed E-state index contributed by atoms with van der Waals surface area (Å²) in [5, 5.41) is 6.69.